The van der Waals surface area contributed by atoms with Crippen LogP contribution in [-0.2, 0) is 11.4 Å². The molecular weight excluding hydrogens is 586 g/mol. The van der Waals surface area contributed by atoms with Gasteiger partial charge in [0.2, 0.25) is 0 Å². The normalized spacial score (nSPS) is 11.0. The quantitative estimate of drug-likeness (QED) is 0.219. The van der Waals surface area contributed by atoms with Gasteiger partial charge in [0, 0.05) is 0 Å². The number of nitrogens with zero attached hydrogens (tertiary/aromatic N) is 1. The van der Waals surface area contributed by atoms with Gasteiger partial charge in [0.05, 0.1) is 37.4 Å². The van der Waals surface area contributed by atoms with E-state index in [1.165, 1.54) is 13.2 Å². The maximum atomic E-state index is 12.6. The Hall–Kier alpha value is -2.40. The van der Waals surface area contributed by atoms with Crippen LogP contribution < -0.4 is 14.8 Å². The third kappa shape index (κ3) is 6.38. The second-order valence-electron chi connectivity index (χ2n) is 6.80. The van der Waals surface area contributed by atoms with Crippen molar-refractivity contribution >= 4 is 80.0 Å². The Kier molecular flexibility index (Phi) is 9.12. The van der Waals surface area contributed by atoms with Crippen molar-refractivity contribution in [3.63, 3.8) is 0 Å². The fraction of sp³-hybridized carbons (Fsp3) is 0.0833. The number of benzene rings is 3. The molecule has 0 aromatic heterocycles. The maximum Gasteiger partial charge on any atom is 0.266 e. The molecule has 10 heteroatoms. The Morgan fingerprint density at radius 2 is 1.85 bits per heavy atom. The molecule has 3 rings (SSSR count). The largest absolute Gasteiger partial charge is 0.493 e. The molecule has 0 radical (unpaired) electrons. The van der Waals surface area contributed by atoms with Crippen molar-refractivity contribution < 1.29 is 14.3 Å². The number of amides is 1. The van der Waals surface area contributed by atoms with Crippen molar-refractivity contribution in [1.29, 1.82) is 5.26 Å². The first-order valence-corrected chi connectivity index (χ1v) is 11.9. The van der Waals surface area contributed by atoms with Crippen molar-refractivity contribution in [2.24, 2.45) is 0 Å². The zero-order chi connectivity index (χ0) is 24.8. The first-order valence-electron chi connectivity index (χ1n) is 9.55. The minimum Gasteiger partial charge on any atom is -0.493 e. The van der Waals surface area contributed by atoms with E-state index in [0.717, 1.165) is 5.56 Å². The van der Waals surface area contributed by atoms with Crippen molar-refractivity contribution in [1.82, 2.24) is 0 Å². The van der Waals surface area contributed by atoms with Crippen LogP contribution in [-0.4, -0.2) is 13.0 Å². The van der Waals surface area contributed by atoms with Crippen molar-refractivity contribution in [2.45, 2.75) is 6.61 Å². The summed E-state index contributed by atoms with van der Waals surface area (Å²) >= 11 is 27.6. The molecule has 0 saturated heterocycles. The van der Waals surface area contributed by atoms with Crippen LogP contribution in [0, 0.1) is 11.3 Å². The maximum absolute atomic E-state index is 12.6. The molecule has 0 spiro atoms. The van der Waals surface area contributed by atoms with Crippen LogP contribution in [0.3, 0.4) is 0 Å². The first-order chi connectivity index (χ1) is 16.2. The summed E-state index contributed by atoms with van der Waals surface area (Å²) in [5, 5.41) is 13.5. The minimum absolute atomic E-state index is 0.144. The zero-order valence-electron chi connectivity index (χ0n) is 17.5. The van der Waals surface area contributed by atoms with Gasteiger partial charge in [-0.3, -0.25) is 4.79 Å². The average Bonchev–Trinajstić information content (AvgIpc) is 2.81. The number of nitrogens with one attached hydrogen (secondary N) is 1. The van der Waals surface area contributed by atoms with E-state index in [2.05, 4.69) is 21.2 Å². The third-order valence-electron chi connectivity index (χ3n) is 4.49. The number of ether oxygens (including phenoxy) is 2. The van der Waals surface area contributed by atoms with E-state index in [1.807, 2.05) is 6.07 Å². The predicted octanol–water partition coefficient (Wildman–Crippen LogP) is 8.20. The van der Waals surface area contributed by atoms with Crippen molar-refractivity contribution in [3.05, 3.63) is 89.8 Å². The molecule has 0 aliphatic carbocycles. The summed E-state index contributed by atoms with van der Waals surface area (Å²) in [5.74, 6) is 0.206. The molecule has 0 aliphatic rings. The number of hydrogen-bond acceptors (Lipinski definition) is 4. The zero-order valence-corrected chi connectivity index (χ0v) is 22.1. The Balaban J connectivity index is 1.83. The van der Waals surface area contributed by atoms with E-state index in [1.54, 1.807) is 48.5 Å². The highest BCUT2D eigenvalue weighted by Crippen LogP contribution is 2.38. The van der Waals surface area contributed by atoms with E-state index in [9.17, 15) is 10.1 Å². The number of methoxy groups -OCH3 is 1. The lowest BCUT2D eigenvalue weighted by Crippen LogP contribution is -2.13. The van der Waals surface area contributed by atoms with Gasteiger partial charge in [-0.2, -0.15) is 5.26 Å². The highest BCUT2D eigenvalue weighted by atomic mass is 79.9. The Morgan fingerprint density at radius 1 is 1.09 bits per heavy atom. The van der Waals surface area contributed by atoms with Crippen LogP contribution in [0.4, 0.5) is 5.69 Å². The van der Waals surface area contributed by atoms with Gasteiger partial charge in [0.25, 0.3) is 5.91 Å². The number of carbonyl (C=O) groups excluding carboxylic acids is 1. The molecule has 3 aromatic rings. The predicted molar refractivity (Wildman–Crippen MR) is 140 cm³/mol. The highest BCUT2D eigenvalue weighted by Gasteiger charge is 2.16. The number of nitriles is 1. The van der Waals surface area contributed by atoms with Gasteiger partial charge in [-0.25, -0.2) is 0 Å². The highest BCUT2D eigenvalue weighted by molar-refractivity contribution is 9.10. The molecule has 0 atom stereocenters. The average molecular weight is 601 g/mol. The van der Waals surface area contributed by atoms with Gasteiger partial charge < -0.3 is 14.8 Å². The summed E-state index contributed by atoms with van der Waals surface area (Å²) in [7, 11) is 1.49. The molecule has 0 saturated carbocycles. The molecule has 0 fully saturated rings. The van der Waals surface area contributed by atoms with E-state index >= 15 is 0 Å². The van der Waals surface area contributed by atoms with Gasteiger partial charge in [-0.15, -0.1) is 0 Å². The Labute approximate surface area is 224 Å². The Bertz CT molecular complexity index is 1320. The van der Waals surface area contributed by atoms with Gasteiger partial charge in [0.1, 0.15) is 18.2 Å². The number of hydrogen-bond donors (Lipinski definition) is 1. The molecule has 5 nitrogen and oxygen atoms in total. The summed E-state index contributed by atoms with van der Waals surface area (Å²) in [6.45, 7) is 0.216. The third-order valence-corrected chi connectivity index (χ3v) is 6.64. The Morgan fingerprint density at radius 3 is 2.53 bits per heavy atom. The molecule has 1 amide bonds. The molecule has 3 aromatic carbocycles. The van der Waals surface area contributed by atoms with Crippen LogP contribution in [0.1, 0.15) is 11.1 Å². The molecule has 0 aliphatic heterocycles. The van der Waals surface area contributed by atoms with Gasteiger partial charge in [-0.05, 0) is 69.5 Å². The van der Waals surface area contributed by atoms with Gasteiger partial charge in [0.15, 0.2) is 11.5 Å². The van der Waals surface area contributed by atoms with Crippen LogP contribution in [0.15, 0.2) is 58.6 Å². The van der Waals surface area contributed by atoms with E-state index in [0.29, 0.717) is 37.3 Å². The fourth-order valence-corrected chi connectivity index (χ4v) is 4.10. The number of rotatable bonds is 7. The minimum atomic E-state index is -0.637. The monoisotopic (exact) mass is 598 g/mol. The fourth-order valence-electron chi connectivity index (χ4n) is 2.85. The molecule has 0 bridgehead atoms. The number of carbonyl (C=O) groups is 1. The van der Waals surface area contributed by atoms with Crippen LogP contribution in [0.2, 0.25) is 20.1 Å². The molecular formula is C24H15BrCl4N2O3. The second-order valence-corrected chi connectivity index (χ2v) is 9.25. The number of halogens is 5. The SMILES string of the molecule is COc1cc(/C=C(/C#N)C(=O)Nc2cccc(Cl)c2Cl)cc(Br)c1OCc1ccc(Cl)c(Cl)c1. The molecule has 0 heterocycles. The van der Waals surface area contributed by atoms with Gasteiger partial charge >= 0.3 is 0 Å². The van der Waals surface area contributed by atoms with E-state index in [-0.39, 0.29) is 22.2 Å². The lowest BCUT2D eigenvalue weighted by atomic mass is 10.1. The van der Waals surface area contributed by atoms with Crippen LogP contribution in [0.5, 0.6) is 11.5 Å². The lowest BCUT2D eigenvalue weighted by Gasteiger charge is -2.14. The molecule has 0 unspecified atom stereocenters. The summed E-state index contributed by atoms with van der Waals surface area (Å²) < 4.78 is 11.9. The number of anilines is 1. The second kappa shape index (κ2) is 11.8. The summed E-state index contributed by atoms with van der Waals surface area (Å²) in [6, 6.07) is 15.3. The van der Waals surface area contributed by atoms with E-state index < -0.39 is 5.91 Å². The lowest BCUT2D eigenvalue weighted by molar-refractivity contribution is -0.112. The standard InChI is InChI=1S/C24H15BrCl4N2O3/c1-33-21-10-14(7-15(11-30)24(32)31-20-4-2-3-18(27)22(20)29)8-16(25)23(21)34-12-13-5-6-17(26)19(28)9-13/h2-10H,12H2,1H3,(H,31,32)/b15-7-. The van der Waals surface area contributed by atoms with Crippen LogP contribution in [0.25, 0.3) is 6.08 Å². The summed E-state index contributed by atoms with van der Waals surface area (Å²) in [6.07, 6.45) is 1.42. The topological polar surface area (TPSA) is 71.3 Å². The summed E-state index contributed by atoms with van der Waals surface area (Å²) in [5.41, 5.74) is 1.50. The molecule has 34 heavy (non-hydrogen) atoms. The first kappa shape index (κ1) is 26.2. The summed E-state index contributed by atoms with van der Waals surface area (Å²) in [4.78, 5) is 12.6. The van der Waals surface area contributed by atoms with Gasteiger partial charge in [-0.1, -0.05) is 58.5 Å². The molecule has 1 N–H and O–H groups in total. The van der Waals surface area contributed by atoms with Crippen molar-refractivity contribution in [3.8, 4) is 17.6 Å². The molecule has 174 valence electrons. The van der Waals surface area contributed by atoms with E-state index in [4.69, 9.17) is 55.9 Å². The smallest absolute Gasteiger partial charge is 0.266 e. The van der Waals surface area contributed by atoms with Crippen LogP contribution >= 0.6 is 62.3 Å². The van der Waals surface area contributed by atoms with Crippen molar-refractivity contribution in [2.75, 3.05) is 12.4 Å².